The molecule has 27 heavy (non-hydrogen) atoms. The van der Waals surface area contributed by atoms with Crippen molar-refractivity contribution in [2.75, 3.05) is 23.8 Å². The Balaban J connectivity index is 1.63. The van der Waals surface area contributed by atoms with Crippen LogP contribution in [0.4, 0.5) is 24.9 Å². The molecular weight excluding hydrogens is 359 g/mol. The number of aromatic nitrogens is 3. The van der Waals surface area contributed by atoms with Crippen LogP contribution in [-0.2, 0) is 17.5 Å². The van der Waals surface area contributed by atoms with Crippen LogP contribution in [0.15, 0.2) is 42.6 Å². The zero-order valence-corrected chi connectivity index (χ0v) is 14.1. The van der Waals surface area contributed by atoms with Gasteiger partial charge < -0.3 is 15.4 Å². The number of ether oxygens (including phenoxy) is 1. The number of halogens is 3. The second-order valence-corrected chi connectivity index (χ2v) is 6.16. The Morgan fingerprint density at radius 3 is 2.63 bits per heavy atom. The van der Waals surface area contributed by atoms with Crippen molar-refractivity contribution in [3.05, 3.63) is 53.7 Å². The molecule has 0 bridgehead atoms. The number of benzene rings is 1. The zero-order valence-electron chi connectivity index (χ0n) is 14.1. The third-order valence-corrected chi connectivity index (χ3v) is 4.21. The minimum atomic E-state index is -4.41. The van der Waals surface area contributed by atoms with E-state index in [9.17, 15) is 13.2 Å². The van der Waals surface area contributed by atoms with Crippen LogP contribution in [0, 0.1) is 0 Å². The van der Waals surface area contributed by atoms with Gasteiger partial charge in [0, 0.05) is 12.7 Å². The second-order valence-electron chi connectivity index (χ2n) is 6.16. The summed E-state index contributed by atoms with van der Waals surface area (Å²) in [6.07, 6.45) is -2.81. The lowest BCUT2D eigenvalue weighted by atomic mass is 10.1. The van der Waals surface area contributed by atoms with Gasteiger partial charge in [-0.15, -0.1) is 0 Å². The Hall–Kier alpha value is -2.94. The van der Waals surface area contributed by atoms with Gasteiger partial charge in [-0.05, 0) is 23.8 Å². The summed E-state index contributed by atoms with van der Waals surface area (Å²) in [6.45, 7) is 1.10. The Kier molecular flexibility index (Phi) is 4.53. The van der Waals surface area contributed by atoms with Crippen LogP contribution in [-0.4, -0.2) is 34.2 Å². The molecule has 0 spiro atoms. The Bertz CT molecular complexity index is 959. The van der Waals surface area contributed by atoms with Gasteiger partial charge in [-0.2, -0.15) is 23.1 Å². The SMILES string of the molecule is FC(F)(F)c1ccccc1CNc1nc(NC2COC2)nc2ncccc12. The highest BCUT2D eigenvalue weighted by molar-refractivity contribution is 5.87. The molecule has 1 aliphatic heterocycles. The Morgan fingerprint density at radius 2 is 1.89 bits per heavy atom. The number of hydrogen-bond acceptors (Lipinski definition) is 6. The molecule has 9 heteroatoms. The second kappa shape index (κ2) is 6.99. The first-order valence-electron chi connectivity index (χ1n) is 8.37. The van der Waals surface area contributed by atoms with E-state index in [1.807, 2.05) is 0 Å². The average Bonchev–Trinajstić information content (AvgIpc) is 2.62. The smallest absolute Gasteiger partial charge is 0.377 e. The van der Waals surface area contributed by atoms with Gasteiger partial charge in [0.2, 0.25) is 5.95 Å². The number of rotatable bonds is 5. The van der Waals surface area contributed by atoms with Crippen LogP contribution >= 0.6 is 0 Å². The molecule has 3 heterocycles. The first kappa shape index (κ1) is 17.5. The average molecular weight is 375 g/mol. The number of pyridine rings is 1. The van der Waals surface area contributed by atoms with Crippen molar-refractivity contribution in [3.8, 4) is 0 Å². The van der Waals surface area contributed by atoms with Crippen molar-refractivity contribution in [1.82, 2.24) is 15.0 Å². The molecule has 4 rings (SSSR count). The molecule has 0 aliphatic carbocycles. The molecule has 1 aliphatic rings. The fourth-order valence-corrected chi connectivity index (χ4v) is 2.79. The molecular formula is C18H16F3N5O. The molecule has 140 valence electrons. The minimum Gasteiger partial charge on any atom is -0.377 e. The standard InChI is InChI=1S/C18H16F3N5O/c19-18(20,21)14-6-2-1-4-11(14)8-23-16-13-5-3-7-22-15(13)25-17(26-16)24-12-9-27-10-12/h1-7,12H,8-10H2,(H2,22,23,24,25,26). The summed E-state index contributed by atoms with van der Waals surface area (Å²) >= 11 is 0. The first-order valence-corrected chi connectivity index (χ1v) is 8.37. The van der Waals surface area contributed by atoms with E-state index in [-0.39, 0.29) is 18.2 Å². The summed E-state index contributed by atoms with van der Waals surface area (Å²) in [5.41, 5.74) is -0.0663. The summed E-state index contributed by atoms with van der Waals surface area (Å²) in [5, 5.41) is 6.78. The molecule has 2 aromatic heterocycles. The molecule has 0 atom stereocenters. The predicted octanol–water partition coefficient (Wildman–Crippen LogP) is 3.47. The fourth-order valence-electron chi connectivity index (χ4n) is 2.79. The molecule has 0 unspecified atom stereocenters. The van der Waals surface area contributed by atoms with E-state index >= 15 is 0 Å². The molecule has 3 aromatic rings. The van der Waals surface area contributed by atoms with Gasteiger partial charge in [0.05, 0.1) is 30.2 Å². The van der Waals surface area contributed by atoms with E-state index < -0.39 is 11.7 Å². The van der Waals surface area contributed by atoms with E-state index in [1.54, 1.807) is 24.4 Å². The molecule has 1 saturated heterocycles. The maximum Gasteiger partial charge on any atom is 0.416 e. The number of hydrogen-bond donors (Lipinski definition) is 2. The summed E-state index contributed by atoms with van der Waals surface area (Å²) in [6, 6.07) is 9.09. The number of fused-ring (bicyclic) bond motifs is 1. The van der Waals surface area contributed by atoms with Crippen molar-refractivity contribution in [1.29, 1.82) is 0 Å². The summed E-state index contributed by atoms with van der Waals surface area (Å²) in [4.78, 5) is 13.0. The van der Waals surface area contributed by atoms with Crippen molar-refractivity contribution in [2.24, 2.45) is 0 Å². The highest BCUT2D eigenvalue weighted by atomic mass is 19.4. The third kappa shape index (κ3) is 3.77. The van der Waals surface area contributed by atoms with Gasteiger partial charge in [-0.25, -0.2) is 4.98 Å². The van der Waals surface area contributed by atoms with Gasteiger partial charge in [0.15, 0.2) is 5.65 Å². The molecule has 0 amide bonds. The van der Waals surface area contributed by atoms with Crippen LogP contribution in [0.2, 0.25) is 0 Å². The van der Waals surface area contributed by atoms with E-state index in [2.05, 4.69) is 25.6 Å². The van der Waals surface area contributed by atoms with Crippen molar-refractivity contribution in [2.45, 2.75) is 18.8 Å². The number of alkyl halides is 3. The summed E-state index contributed by atoms with van der Waals surface area (Å²) < 4.78 is 44.7. The number of nitrogens with zero attached hydrogens (tertiary/aromatic N) is 3. The van der Waals surface area contributed by atoms with Crippen molar-refractivity contribution >= 4 is 22.8 Å². The monoisotopic (exact) mass is 375 g/mol. The Morgan fingerprint density at radius 1 is 1.07 bits per heavy atom. The van der Waals surface area contributed by atoms with Crippen molar-refractivity contribution < 1.29 is 17.9 Å². The van der Waals surface area contributed by atoms with E-state index in [1.165, 1.54) is 12.1 Å². The topological polar surface area (TPSA) is 72.0 Å². The normalized spacial score (nSPS) is 14.8. The lowest BCUT2D eigenvalue weighted by molar-refractivity contribution is -0.138. The Labute approximate surface area is 152 Å². The van der Waals surface area contributed by atoms with Crippen LogP contribution < -0.4 is 10.6 Å². The predicted molar refractivity (Wildman–Crippen MR) is 94.3 cm³/mol. The van der Waals surface area contributed by atoms with Gasteiger partial charge in [0.1, 0.15) is 5.82 Å². The number of nitrogens with one attached hydrogen (secondary N) is 2. The molecule has 1 aromatic carbocycles. The third-order valence-electron chi connectivity index (χ3n) is 4.21. The lowest BCUT2D eigenvalue weighted by Crippen LogP contribution is -2.40. The highest BCUT2D eigenvalue weighted by Crippen LogP contribution is 2.32. The maximum absolute atomic E-state index is 13.2. The molecule has 0 radical (unpaired) electrons. The largest absolute Gasteiger partial charge is 0.416 e. The van der Waals surface area contributed by atoms with Crippen LogP contribution in [0.25, 0.3) is 11.0 Å². The molecule has 1 fully saturated rings. The summed E-state index contributed by atoms with van der Waals surface area (Å²) in [5.74, 6) is 0.786. The van der Waals surface area contributed by atoms with Gasteiger partial charge >= 0.3 is 6.18 Å². The van der Waals surface area contributed by atoms with E-state index in [4.69, 9.17) is 4.74 Å². The van der Waals surface area contributed by atoms with E-state index in [0.29, 0.717) is 36.0 Å². The fraction of sp³-hybridized carbons (Fsp3) is 0.278. The number of anilines is 2. The molecule has 0 saturated carbocycles. The zero-order chi connectivity index (χ0) is 18.9. The van der Waals surface area contributed by atoms with Crippen molar-refractivity contribution in [3.63, 3.8) is 0 Å². The van der Waals surface area contributed by atoms with Crippen LogP contribution in [0.3, 0.4) is 0 Å². The summed E-state index contributed by atoms with van der Waals surface area (Å²) in [7, 11) is 0. The minimum absolute atomic E-state index is 0.0251. The van der Waals surface area contributed by atoms with Gasteiger partial charge in [-0.3, -0.25) is 0 Å². The highest BCUT2D eigenvalue weighted by Gasteiger charge is 2.32. The van der Waals surface area contributed by atoms with E-state index in [0.717, 1.165) is 6.07 Å². The van der Waals surface area contributed by atoms with Crippen LogP contribution in [0.1, 0.15) is 11.1 Å². The van der Waals surface area contributed by atoms with Gasteiger partial charge in [-0.1, -0.05) is 18.2 Å². The van der Waals surface area contributed by atoms with Crippen LogP contribution in [0.5, 0.6) is 0 Å². The lowest BCUT2D eigenvalue weighted by Gasteiger charge is -2.27. The molecule has 6 nitrogen and oxygen atoms in total. The van der Waals surface area contributed by atoms with Gasteiger partial charge in [0.25, 0.3) is 0 Å². The molecule has 2 N–H and O–H groups in total. The first-order chi connectivity index (χ1) is 13.0. The quantitative estimate of drug-likeness (QED) is 0.712. The maximum atomic E-state index is 13.2.